The van der Waals surface area contributed by atoms with E-state index in [1.165, 1.54) is 0 Å². The molecule has 0 radical (unpaired) electrons. The third kappa shape index (κ3) is 2.07. The van der Waals surface area contributed by atoms with Crippen molar-refractivity contribution in [1.82, 2.24) is 9.47 Å². The normalized spacial score (nSPS) is 26.9. The summed E-state index contributed by atoms with van der Waals surface area (Å²) in [6.45, 7) is 1.90. The number of hydrogen-bond acceptors (Lipinski definition) is 2. The van der Waals surface area contributed by atoms with Crippen molar-refractivity contribution in [2.75, 3.05) is 0 Å². The topological polar surface area (TPSA) is 62.5 Å². The summed E-state index contributed by atoms with van der Waals surface area (Å²) in [5, 5.41) is 10.7. The lowest BCUT2D eigenvalue weighted by Gasteiger charge is -2.34. The van der Waals surface area contributed by atoms with E-state index in [-0.39, 0.29) is 23.8 Å². The maximum atomic E-state index is 13.2. The van der Waals surface area contributed by atoms with E-state index in [9.17, 15) is 14.7 Å². The smallest absolute Gasteiger partial charge is 0.326 e. The van der Waals surface area contributed by atoms with Gasteiger partial charge in [0.1, 0.15) is 6.04 Å². The number of fused-ring (bicyclic) bond motifs is 3. The lowest BCUT2D eigenvalue weighted by atomic mass is 9.94. The van der Waals surface area contributed by atoms with Crippen LogP contribution >= 0.6 is 0 Å². The van der Waals surface area contributed by atoms with Gasteiger partial charge in [0.15, 0.2) is 0 Å². The van der Waals surface area contributed by atoms with Crippen molar-refractivity contribution in [2.24, 2.45) is 13.0 Å². The highest BCUT2D eigenvalue weighted by Gasteiger charge is 2.52. The summed E-state index contributed by atoms with van der Waals surface area (Å²) in [6, 6.07) is 7.47. The molecule has 2 aliphatic rings. The number of hydrogen-bond donors (Lipinski definition) is 1. The van der Waals surface area contributed by atoms with E-state index in [0.717, 1.165) is 35.7 Å². The maximum absolute atomic E-state index is 13.2. The monoisotopic (exact) mass is 326 g/mol. The van der Waals surface area contributed by atoms with Crippen molar-refractivity contribution in [3.05, 3.63) is 36.0 Å². The van der Waals surface area contributed by atoms with Crippen LogP contribution in [-0.2, 0) is 16.6 Å². The lowest BCUT2D eigenvalue weighted by Crippen LogP contribution is -2.50. The molecule has 2 aromatic rings. The number of aryl methyl sites for hydroxylation is 1. The molecule has 2 bridgehead atoms. The van der Waals surface area contributed by atoms with Crippen LogP contribution in [0.4, 0.5) is 0 Å². The molecule has 1 aliphatic carbocycles. The first-order chi connectivity index (χ1) is 11.5. The number of carbonyl (C=O) groups is 2. The molecular weight excluding hydrogens is 304 g/mol. The largest absolute Gasteiger partial charge is 0.480 e. The Kier molecular flexibility index (Phi) is 3.41. The van der Waals surface area contributed by atoms with Crippen LogP contribution in [0.1, 0.15) is 37.7 Å². The fourth-order valence-electron chi connectivity index (χ4n) is 4.70. The number of carboxylic acids is 1. The molecule has 1 aromatic heterocycles. The molecule has 1 saturated carbocycles. The number of aliphatic carboxylic acids is 1. The van der Waals surface area contributed by atoms with E-state index in [1.54, 1.807) is 4.90 Å². The van der Waals surface area contributed by atoms with E-state index in [2.05, 4.69) is 0 Å². The van der Waals surface area contributed by atoms with Crippen LogP contribution in [-0.4, -0.2) is 38.5 Å². The standard InChI is InChI=1S/C19H22N2O3/c1-11(15-10-20(2)16-6-4-3-5-14(15)16)18(22)21-13-8-7-12(9-13)17(21)19(23)24/h3-6,10-13,17H,7-9H2,1-2H3,(H,23,24)/t11?,12-,13+,17-/m0/s1. The number of nitrogens with zero attached hydrogens (tertiary/aromatic N) is 2. The van der Waals surface area contributed by atoms with Crippen LogP contribution in [0.3, 0.4) is 0 Å². The molecule has 126 valence electrons. The number of aromatic nitrogens is 1. The minimum absolute atomic E-state index is 0.0500. The van der Waals surface area contributed by atoms with Gasteiger partial charge in [-0.05, 0) is 43.7 Å². The van der Waals surface area contributed by atoms with Crippen LogP contribution in [0.25, 0.3) is 10.9 Å². The maximum Gasteiger partial charge on any atom is 0.326 e. The summed E-state index contributed by atoms with van der Waals surface area (Å²) in [5.74, 6) is -1.12. The highest BCUT2D eigenvalue weighted by atomic mass is 16.4. The second-order valence-electron chi connectivity index (χ2n) is 7.19. The molecule has 0 spiro atoms. The molecular formula is C19H22N2O3. The van der Waals surface area contributed by atoms with Crippen LogP contribution in [0, 0.1) is 5.92 Å². The Morgan fingerprint density at radius 3 is 2.75 bits per heavy atom. The van der Waals surface area contributed by atoms with Crippen molar-refractivity contribution in [3.8, 4) is 0 Å². The first-order valence-corrected chi connectivity index (χ1v) is 8.58. The molecule has 2 heterocycles. The number of likely N-dealkylation sites (tertiary alicyclic amines) is 1. The third-order valence-corrected chi connectivity index (χ3v) is 5.86. The quantitative estimate of drug-likeness (QED) is 0.943. The van der Waals surface area contributed by atoms with Gasteiger partial charge in [-0.1, -0.05) is 18.2 Å². The minimum Gasteiger partial charge on any atom is -0.480 e. The molecule has 1 N–H and O–H groups in total. The summed E-state index contributed by atoms with van der Waals surface area (Å²) < 4.78 is 2.03. The Morgan fingerprint density at radius 1 is 1.25 bits per heavy atom. The van der Waals surface area contributed by atoms with Crippen molar-refractivity contribution >= 4 is 22.8 Å². The SMILES string of the molecule is CC(C(=O)N1[C@@H]2CC[C@@H](C2)[C@H]1C(=O)O)c1cn(C)c2ccccc12. The van der Waals surface area contributed by atoms with E-state index in [4.69, 9.17) is 0 Å². The van der Waals surface area contributed by atoms with Crippen molar-refractivity contribution < 1.29 is 14.7 Å². The zero-order valence-corrected chi connectivity index (χ0v) is 14.0. The molecule has 1 aliphatic heterocycles. The van der Waals surface area contributed by atoms with Crippen molar-refractivity contribution in [1.29, 1.82) is 0 Å². The van der Waals surface area contributed by atoms with E-state index < -0.39 is 12.0 Å². The second kappa shape index (κ2) is 5.36. The average molecular weight is 326 g/mol. The molecule has 2 fully saturated rings. The van der Waals surface area contributed by atoms with Gasteiger partial charge in [-0.2, -0.15) is 0 Å². The molecule has 5 nitrogen and oxygen atoms in total. The summed E-state index contributed by atoms with van der Waals surface area (Å²) in [5.41, 5.74) is 2.06. The van der Waals surface area contributed by atoms with E-state index in [1.807, 2.05) is 49.0 Å². The second-order valence-corrected chi connectivity index (χ2v) is 7.19. The Balaban J connectivity index is 1.70. The third-order valence-electron chi connectivity index (χ3n) is 5.86. The van der Waals surface area contributed by atoms with Crippen LogP contribution in [0.15, 0.2) is 30.5 Å². The van der Waals surface area contributed by atoms with Gasteiger partial charge >= 0.3 is 5.97 Å². The average Bonchev–Trinajstić information content (AvgIpc) is 3.26. The van der Waals surface area contributed by atoms with Gasteiger partial charge in [0.25, 0.3) is 0 Å². The molecule has 1 aromatic carbocycles. The number of carbonyl (C=O) groups excluding carboxylic acids is 1. The van der Waals surface area contributed by atoms with Gasteiger partial charge in [-0.3, -0.25) is 4.79 Å². The minimum atomic E-state index is -0.860. The summed E-state index contributed by atoms with van der Waals surface area (Å²) >= 11 is 0. The molecule has 1 unspecified atom stereocenters. The zero-order valence-electron chi connectivity index (χ0n) is 14.0. The van der Waals surface area contributed by atoms with E-state index >= 15 is 0 Å². The first kappa shape index (κ1) is 15.2. The van der Waals surface area contributed by atoms with Gasteiger partial charge in [0, 0.05) is 30.2 Å². The molecule has 24 heavy (non-hydrogen) atoms. The first-order valence-electron chi connectivity index (χ1n) is 8.58. The van der Waals surface area contributed by atoms with Crippen molar-refractivity contribution in [3.63, 3.8) is 0 Å². The fraction of sp³-hybridized carbons (Fsp3) is 0.474. The van der Waals surface area contributed by atoms with Gasteiger partial charge in [-0.15, -0.1) is 0 Å². The summed E-state index contributed by atoms with van der Waals surface area (Å²) in [4.78, 5) is 26.5. The molecule has 1 amide bonds. The molecule has 4 atom stereocenters. The predicted molar refractivity (Wildman–Crippen MR) is 90.7 cm³/mol. The summed E-state index contributed by atoms with van der Waals surface area (Å²) in [6.07, 6.45) is 4.69. The number of piperidine rings is 1. The number of amides is 1. The number of para-hydroxylation sites is 1. The Labute approximate surface area is 140 Å². The van der Waals surface area contributed by atoms with Crippen LogP contribution in [0.5, 0.6) is 0 Å². The highest BCUT2D eigenvalue weighted by molar-refractivity contribution is 5.94. The van der Waals surface area contributed by atoms with Gasteiger partial charge in [0.2, 0.25) is 5.91 Å². The Morgan fingerprint density at radius 2 is 2.00 bits per heavy atom. The molecule has 5 heteroatoms. The van der Waals surface area contributed by atoms with Gasteiger partial charge < -0.3 is 14.6 Å². The lowest BCUT2D eigenvalue weighted by molar-refractivity contribution is -0.153. The summed E-state index contributed by atoms with van der Waals surface area (Å²) in [7, 11) is 1.97. The predicted octanol–water partition coefficient (Wildman–Crippen LogP) is 2.75. The number of carboxylic acid groups (broad SMARTS) is 1. The number of rotatable bonds is 3. The number of benzene rings is 1. The Bertz CT molecular complexity index is 825. The van der Waals surface area contributed by atoms with E-state index in [0.29, 0.717) is 0 Å². The molecule has 1 saturated heterocycles. The molecule has 4 rings (SSSR count). The van der Waals surface area contributed by atoms with Crippen LogP contribution < -0.4 is 0 Å². The zero-order chi connectivity index (χ0) is 17.0. The van der Waals surface area contributed by atoms with Gasteiger partial charge in [-0.25, -0.2) is 4.79 Å². The highest BCUT2D eigenvalue weighted by Crippen LogP contribution is 2.44. The van der Waals surface area contributed by atoms with Crippen LogP contribution in [0.2, 0.25) is 0 Å². The Hall–Kier alpha value is -2.30. The van der Waals surface area contributed by atoms with Crippen molar-refractivity contribution in [2.45, 2.75) is 44.2 Å². The van der Waals surface area contributed by atoms with Gasteiger partial charge in [0.05, 0.1) is 5.92 Å². The fourth-order valence-corrected chi connectivity index (χ4v) is 4.70.